The highest BCUT2D eigenvalue weighted by Gasteiger charge is 2.27. The van der Waals surface area contributed by atoms with Crippen LogP contribution in [0.25, 0.3) is 11.1 Å². The van der Waals surface area contributed by atoms with Crippen molar-refractivity contribution in [2.45, 2.75) is 31.3 Å². The second kappa shape index (κ2) is 9.84. The molecule has 1 aliphatic heterocycles. The number of nitrogens with one attached hydrogen (secondary N) is 1. The second-order valence-corrected chi connectivity index (χ2v) is 10.3. The number of carbonyl (C=O) groups is 1. The van der Waals surface area contributed by atoms with Crippen molar-refractivity contribution in [3.05, 3.63) is 52.3 Å². The fourth-order valence-corrected chi connectivity index (χ4v) is 5.51. The molecule has 3 aromatic rings. The zero-order chi connectivity index (χ0) is 23.6. The number of esters is 1. The maximum Gasteiger partial charge on any atom is 0.310 e. The van der Waals surface area contributed by atoms with Crippen LogP contribution in [0.15, 0.2) is 51.8 Å². The molecule has 4 rings (SSSR count). The molecule has 0 aliphatic carbocycles. The molecule has 176 valence electrons. The summed E-state index contributed by atoms with van der Waals surface area (Å²) in [5.74, 6) is -0.345. The summed E-state index contributed by atoms with van der Waals surface area (Å²) in [6.07, 6.45) is 1.68. The number of para-hydroxylation sites is 1. The van der Waals surface area contributed by atoms with Crippen molar-refractivity contribution in [1.29, 1.82) is 0 Å². The molecule has 2 aromatic carbocycles. The smallest absolute Gasteiger partial charge is 0.310 e. The highest BCUT2D eigenvalue weighted by atomic mass is 35.5. The number of benzene rings is 2. The van der Waals surface area contributed by atoms with Gasteiger partial charge in [-0.3, -0.25) is 19.0 Å². The van der Waals surface area contributed by atoms with Gasteiger partial charge in [-0.25, -0.2) is 8.42 Å². The van der Waals surface area contributed by atoms with Gasteiger partial charge in [0.25, 0.3) is 14.9 Å². The van der Waals surface area contributed by atoms with E-state index in [4.69, 9.17) is 33.0 Å². The van der Waals surface area contributed by atoms with Crippen LogP contribution in [0, 0.1) is 10.8 Å². The number of hydrogen-bond acceptors (Lipinski definition) is 7. The Bertz CT molecular complexity index is 1340. The first-order valence-corrected chi connectivity index (χ1v) is 12.8. The molecule has 11 heteroatoms. The van der Waals surface area contributed by atoms with Crippen molar-refractivity contribution in [2.24, 2.45) is 5.92 Å². The Hall–Kier alpha value is -2.40. The number of sulfonamides is 1. The monoisotopic (exact) mass is 509 g/mol. The van der Waals surface area contributed by atoms with Crippen LogP contribution >= 0.6 is 23.8 Å². The van der Waals surface area contributed by atoms with Gasteiger partial charge in [-0.05, 0) is 62.8 Å². The fourth-order valence-electron chi connectivity index (χ4n) is 3.93. The summed E-state index contributed by atoms with van der Waals surface area (Å²) >= 11 is 11.5. The third-order valence-corrected chi connectivity index (χ3v) is 7.53. The number of likely N-dealkylation sites (tertiary alicyclic amines) is 1. The molecule has 0 amide bonds. The minimum atomic E-state index is -3.88. The standard InChI is InChI=1S/C22H24ClN3O5S2/c1-2-30-21(27)15-6-5-11-25(13-15)14-26-19-10-9-16(12-20(19)31-22(26)32)33(28,29)24-18-8-4-3-7-17(18)23/h3-4,7-10,12,15,24H,2,5-6,11,13-14H2,1H3. The minimum absolute atomic E-state index is 0.0335. The Kier molecular flexibility index (Phi) is 7.08. The van der Waals surface area contributed by atoms with Gasteiger partial charge in [0, 0.05) is 12.6 Å². The molecular weight excluding hydrogens is 486 g/mol. The minimum Gasteiger partial charge on any atom is -0.466 e. The van der Waals surface area contributed by atoms with Gasteiger partial charge in [0.15, 0.2) is 5.58 Å². The number of halogens is 1. The summed E-state index contributed by atoms with van der Waals surface area (Å²) in [4.78, 5) is 14.5. The number of nitrogens with zero attached hydrogens (tertiary/aromatic N) is 2. The van der Waals surface area contributed by atoms with Crippen LogP contribution in [0.4, 0.5) is 5.69 Å². The number of ether oxygens (including phenoxy) is 1. The zero-order valence-electron chi connectivity index (χ0n) is 18.0. The first-order valence-electron chi connectivity index (χ1n) is 10.6. The highest BCUT2D eigenvalue weighted by molar-refractivity contribution is 7.92. The van der Waals surface area contributed by atoms with Crippen LogP contribution in [-0.2, 0) is 26.2 Å². The third kappa shape index (κ3) is 5.24. The summed E-state index contributed by atoms with van der Waals surface area (Å²) in [6, 6.07) is 11.2. The van der Waals surface area contributed by atoms with Gasteiger partial charge < -0.3 is 9.15 Å². The molecule has 1 saturated heterocycles. The molecule has 1 N–H and O–H groups in total. The zero-order valence-corrected chi connectivity index (χ0v) is 20.4. The van der Waals surface area contributed by atoms with Crippen LogP contribution in [-0.4, -0.2) is 43.6 Å². The van der Waals surface area contributed by atoms with Gasteiger partial charge in [-0.1, -0.05) is 23.7 Å². The van der Waals surface area contributed by atoms with E-state index in [1.807, 2.05) is 0 Å². The number of fused-ring (bicyclic) bond motifs is 1. The molecule has 2 heterocycles. The number of aromatic nitrogens is 1. The van der Waals surface area contributed by atoms with Crippen LogP contribution in [0.2, 0.25) is 5.02 Å². The number of rotatable bonds is 7. The molecule has 0 radical (unpaired) electrons. The maximum absolute atomic E-state index is 12.9. The van der Waals surface area contributed by atoms with E-state index in [1.165, 1.54) is 12.1 Å². The highest BCUT2D eigenvalue weighted by Crippen LogP contribution is 2.27. The molecule has 1 aromatic heterocycles. The Labute approximate surface area is 202 Å². The van der Waals surface area contributed by atoms with Gasteiger partial charge in [-0.15, -0.1) is 0 Å². The van der Waals surface area contributed by atoms with Gasteiger partial charge in [0.1, 0.15) is 0 Å². The van der Waals surface area contributed by atoms with Gasteiger partial charge in [0.2, 0.25) is 0 Å². The van der Waals surface area contributed by atoms with Crippen LogP contribution in [0.3, 0.4) is 0 Å². The van der Waals surface area contributed by atoms with E-state index in [0.717, 1.165) is 19.4 Å². The van der Waals surface area contributed by atoms with E-state index in [2.05, 4.69) is 9.62 Å². The molecule has 1 unspecified atom stereocenters. The van der Waals surface area contributed by atoms with E-state index >= 15 is 0 Å². The summed E-state index contributed by atoms with van der Waals surface area (Å²) in [5, 5.41) is 0.300. The van der Waals surface area contributed by atoms with Crippen LogP contribution < -0.4 is 4.72 Å². The second-order valence-electron chi connectivity index (χ2n) is 7.82. The normalized spacial score (nSPS) is 17.2. The predicted octanol–water partition coefficient (Wildman–Crippen LogP) is 4.65. The average molecular weight is 510 g/mol. The lowest BCUT2D eigenvalue weighted by Crippen LogP contribution is -2.40. The Morgan fingerprint density at radius 2 is 2.09 bits per heavy atom. The predicted molar refractivity (Wildman–Crippen MR) is 128 cm³/mol. The molecule has 33 heavy (non-hydrogen) atoms. The molecular formula is C22H24ClN3O5S2. The van der Waals surface area contributed by atoms with Crippen molar-refractivity contribution in [2.75, 3.05) is 24.4 Å². The van der Waals surface area contributed by atoms with Crippen molar-refractivity contribution in [1.82, 2.24) is 9.47 Å². The van der Waals surface area contributed by atoms with E-state index in [0.29, 0.717) is 41.6 Å². The van der Waals surface area contributed by atoms with Gasteiger partial charge in [0.05, 0.1) is 40.3 Å². The fraction of sp³-hybridized carbons (Fsp3) is 0.364. The number of oxazole rings is 1. The summed E-state index contributed by atoms with van der Waals surface area (Å²) < 4.78 is 40.9. The molecule has 0 bridgehead atoms. The molecule has 8 nitrogen and oxygen atoms in total. The van der Waals surface area contributed by atoms with E-state index in [9.17, 15) is 13.2 Å². The van der Waals surface area contributed by atoms with Crippen molar-refractivity contribution < 1.29 is 22.4 Å². The lowest BCUT2D eigenvalue weighted by molar-refractivity contribution is -0.150. The number of carbonyl (C=O) groups excluding carboxylic acids is 1. The van der Waals surface area contributed by atoms with Crippen molar-refractivity contribution in [3.8, 4) is 0 Å². The molecule has 0 saturated carbocycles. The largest absolute Gasteiger partial charge is 0.466 e. The summed E-state index contributed by atoms with van der Waals surface area (Å²) in [6.45, 7) is 3.99. The maximum atomic E-state index is 12.9. The van der Waals surface area contributed by atoms with E-state index in [-0.39, 0.29) is 21.6 Å². The van der Waals surface area contributed by atoms with Crippen LogP contribution in [0.1, 0.15) is 19.8 Å². The number of anilines is 1. The first kappa shape index (κ1) is 23.7. The molecule has 1 fully saturated rings. The van der Waals surface area contributed by atoms with E-state index < -0.39 is 10.0 Å². The van der Waals surface area contributed by atoms with Crippen molar-refractivity contribution in [3.63, 3.8) is 0 Å². The molecule has 1 aliphatic rings. The topological polar surface area (TPSA) is 93.8 Å². The Morgan fingerprint density at radius 3 is 2.85 bits per heavy atom. The quantitative estimate of drug-likeness (QED) is 0.366. The third-order valence-electron chi connectivity index (χ3n) is 5.54. The SMILES string of the molecule is CCOC(=O)C1CCCN(Cn2c(=S)oc3cc(S(=O)(=O)Nc4ccccc4Cl)ccc32)C1. The Morgan fingerprint density at radius 1 is 1.30 bits per heavy atom. The lowest BCUT2D eigenvalue weighted by Gasteiger charge is -2.31. The van der Waals surface area contributed by atoms with Crippen LogP contribution in [0.5, 0.6) is 0 Å². The number of piperidine rings is 1. The molecule has 1 atom stereocenters. The first-order chi connectivity index (χ1) is 15.8. The van der Waals surface area contributed by atoms with E-state index in [1.54, 1.807) is 41.8 Å². The average Bonchev–Trinajstić information content (AvgIpc) is 3.10. The van der Waals surface area contributed by atoms with Crippen molar-refractivity contribution >= 4 is 56.6 Å². The van der Waals surface area contributed by atoms with Gasteiger partial charge >= 0.3 is 5.97 Å². The number of hydrogen-bond donors (Lipinski definition) is 1. The Balaban J connectivity index is 1.56. The molecule has 0 spiro atoms. The summed E-state index contributed by atoms with van der Waals surface area (Å²) in [7, 11) is -3.88. The lowest BCUT2D eigenvalue weighted by atomic mass is 9.98. The summed E-state index contributed by atoms with van der Waals surface area (Å²) in [5.41, 5.74) is 1.33. The van der Waals surface area contributed by atoms with Gasteiger partial charge in [-0.2, -0.15) is 0 Å².